The minimum absolute atomic E-state index is 0.0585. The van der Waals surface area contributed by atoms with E-state index in [1.165, 1.54) is 5.06 Å². The topological polar surface area (TPSA) is 71.1 Å². The Hall–Kier alpha value is -0.970. The molecule has 5 nitrogen and oxygen atoms in total. The van der Waals surface area contributed by atoms with Crippen LogP contribution in [-0.2, 0) is 4.84 Å². The van der Waals surface area contributed by atoms with Crippen molar-refractivity contribution in [2.45, 2.75) is 6.92 Å². The number of hydrogen-bond acceptors (Lipinski definition) is 3. The third kappa shape index (κ3) is 2.76. The summed E-state index contributed by atoms with van der Waals surface area (Å²) in [5.41, 5.74) is 5.10. The van der Waals surface area contributed by atoms with E-state index in [9.17, 15) is 0 Å². The second kappa shape index (κ2) is 3.96. The highest BCUT2D eigenvalue weighted by Crippen LogP contribution is 1.81. The standard InChI is InChI=1S/C4H11N3O2/c1-3-9-7(2)4(5)6-8/h8H,3H2,1-2H3,(H2,5,6). The van der Waals surface area contributed by atoms with Gasteiger partial charge in [-0.05, 0) is 12.1 Å². The predicted octanol–water partition coefficient (Wildman–Crippen LogP) is -0.426. The summed E-state index contributed by atoms with van der Waals surface area (Å²) in [4.78, 5) is 4.81. The fraction of sp³-hybridized carbons (Fsp3) is 0.750. The van der Waals surface area contributed by atoms with Crippen molar-refractivity contribution in [3.8, 4) is 0 Å². The summed E-state index contributed by atoms with van der Waals surface area (Å²) in [6, 6.07) is 0. The van der Waals surface area contributed by atoms with Gasteiger partial charge in [0.15, 0.2) is 0 Å². The molecule has 0 saturated carbocycles. The van der Waals surface area contributed by atoms with E-state index in [0.717, 1.165) is 0 Å². The molecule has 0 amide bonds. The molecule has 0 atom stereocenters. The first-order valence-electron chi connectivity index (χ1n) is 2.56. The third-order valence-corrected chi connectivity index (χ3v) is 0.748. The minimum atomic E-state index is -0.0585. The van der Waals surface area contributed by atoms with E-state index in [2.05, 4.69) is 5.16 Å². The van der Waals surface area contributed by atoms with Crippen molar-refractivity contribution in [2.75, 3.05) is 13.7 Å². The maximum atomic E-state index is 8.07. The van der Waals surface area contributed by atoms with Crippen molar-refractivity contribution in [2.24, 2.45) is 10.9 Å². The van der Waals surface area contributed by atoms with Gasteiger partial charge < -0.3 is 10.9 Å². The van der Waals surface area contributed by atoms with Crippen molar-refractivity contribution >= 4 is 5.96 Å². The van der Waals surface area contributed by atoms with E-state index in [4.69, 9.17) is 15.8 Å². The molecule has 0 aliphatic heterocycles. The van der Waals surface area contributed by atoms with Gasteiger partial charge in [0.25, 0.3) is 5.96 Å². The molecule has 54 valence electrons. The lowest BCUT2D eigenvalue weighted by molar-refractivity contribution is -0.0759. The van der Waals surface area contributed by atoms with Gasteiger partial charge >= 0.3 is 0 Å². The van der Waals surface area contributed by atoms with Crippen LogP contribution in [0.15, 0.2) is 5.16 Å². The number of hydrogen-bond donors (Lipinski definition) is 2. The summed E-state index contributed by atoms with van der Waals surface area (Å²) >= 11 is 0. The average molecular weight is 133 g/mol. The normalized spacial score (nSPS) is 11.6. The Balaban J connectivity index is 3.59. The van der Waals surface area contributed by atoms with Crippen LogP contribution in [0.3, 0.4) is 0 Å². The van der Waals surface area contributed by atoms with Crippen LogP contribution < -0.4 is 5.73 Å². The second-order valence-corrected chi connectivity index (χ2v) is 1.37. The summed E-state index contributed by atoms with van der Waals surface area (Å²) < 4.78 is 0. The van der Waals surface area contributed by atoms with Crippen LogP contribution in [0.25, 0.3) is 0 Å². The second-order valence-electron chi connectivity index (χ2n) is 1.37. The molecular formula is C4H11N3O2. The number of nitrogens with two attached hydrogens (primary N) is 1. The molecule has 0 bridgehead atoms. The monoisotopic (exact) mass is 133 g/mol. The lowest BCUT2D eigenvalue weighted by atomic mass is 10.9. The average Bonchev–Trinajstić information content (AvgIpc) is 1.87. The largest absolute Gasteiger partial charge is 0.408 e. The molecule has 0 radical (unpaired) electrons. The number of oxime groups is 1. The molecule has 0 saturated heterocycles. The van der Waals surface area contributed by atoms with Gasteiger partial charge in [-0.15, -0.1) is 0 Å². The molecule has 0 unspecified atom stereocenters. The Morgan fingerprint density at radius 2 is 2.44 bits per heavy atom. The summed E-state index contributed by atoms with van der Waals surface area (Å²) in [6.07, 6.45) is 0. The Kier molecular flexibility index (Phi) is 3.54. The smallest absolute Gasteiger partial charge is 0.257 e. The highest BCUT2D eigenvalue weighted by Gasteiger charge is 1.98. The van der Waals surface area contributed by atoms with Gasteiger partial charge in [-0.2, -0.15) is 0 Å². The van der Waals surface area contributed by atoms with Gasteiger partial charge in [0.05, 0.1) is 6.61 Å². The van der Waals surface area contributed by atoms with Crippen molar-refractivity contribution in [1.82, 2.24) is 5.06 Å². The van der Waals surface area contributed by atoms with Crippen molar-refractivity contribution in [3.63, 3.8) is 0 Å². The summed E-state index contributed by atoms with van der Waals surface area (Å²) in [5.74, 6) is -0.0585. The van der Waals surface area contributed by atoms with Gasteiger partial charge in [-0.25, -0.2) is 5.06 Å². The van der Waals surface area contributed by atoms with Crippen LogP contribution >= 0.6 is 0 Å². The van der Waals surface area contributed by atoms with E-state index in [1.807, 2.05) is 0 Å². The van der Waals surface area contributed by atoms with Crippen LogP contribution in [0.5, 0.6) is 0 Å². The molecule has 0 aromatic carbocycles. The van der Waals surface area contributed by atoms with Crippen molar-refractivity contribution in [3.05, 3.63) is 0 Å². The highest BCUT2D eigenvalue weighted by molar-refractivity contribution is 5.75. The van der Waals surface area contributed by atoms with E-state index in [0.29, 0.717) is 6.61 Å². The van der Waals surface area contributed by atoms with Crippen molar-refractivity contribution in [1.29, 1.82) is 0 Å². The van der Waals surface area contributed by atoms with Crippen molar-refractivity contribution < 1.29 is 10.0 Å². The molecule has 0 aromatic rings. The van der Waals surface area contributed by atoms with Crippen LogP contribution in [0.1, 0.15) is 6.92 Å². The molecule has 9 heavy (non-hydrogen) atoms. The number of rotatable bonds is 2. The first kappa shape index (κ1) is 8.03. The Morgan fingerprint density at radius 3 is 2.78 bits per heavy atom. The van der Waals surface area contributed by atoms with E-state index < -0.39 is 0 Å². The fourth-order valence-corrected chi connectivity index (χ4v) is 0.323. The zero-order valence-electron chi connectivity index (χ0n) is 5.53. The van der Waals surface area contributed by atoms with E-state index >= 15 is 0 Å². The number of hydroxylamine groups is 2. The highest BCUT2D eigenvalue weighted by atomic mass is 16.7. The first-order valence-corrected chi connectivity index (χ1v) is 2.56. The lowest BCUT2D eigenvalue weighted by Gasteiger charge is -2.13. The molecular weight excluding hydrogens is 122 g/mol. The molecule has 3 N–H and O–H groups in total. The van der Waals surface area contributed by atoms with Gasteiger partial charge in [-0.1, -0.05) is 0 Å². The summed E-state index contributed by atoms with van der Waals surface area (Å²) in [5, 5.41) is 12.0. The zero-order chi connectivity index (χ0) is 7.28. The van der Waals surface area contributed by atoms with Gasteiger partial charge in [0.1, 0.15) is 0 Å². The quantitative estimate of drug-likeness (QED) is 0.232. The first-order chi connectivity index (χ1) is 4.22. The SMILES string of the molecule is CCON(C)C(N)=NO. The van der Waals surface area contributed by atoms with Crippen LogP contribution in [0, 0.1) is 0 Å². The molecule has 0 fully saturated rings. The Labute approximate surface area is 53.6 Å². The zero-order valence-corrected chi connectivity index (χ0v) is 5.53. The molecule has 5 heteroatoms. The fourth-order valence-electron chi connectivity index (χ4n) is 0.323. The minimum Gasteiger partial charge on any atom is -0.408 e. The summed E-state index contributed by atoms with van der Waals surface area (Å²) in [7, 11) is 1.55. The van der Waals surface area contributed by atoms with Crippen LogP contribution in [0.2, 0.25) is 0 Å². The molecule has 0 spiro atoms. The molecule has 0 rings (SSSR count). The lowest BCUT2D eigenvalue weighted by Crippen LogP contribution is -2.33. The summed E-state index contributed by atoms with van der Waals surface area (Å²) in [6.45, 7) is 2.30. The van der Waals surface area contributed by atoms with Gasteiger partial charge in [-0.3, -0.25) is 4.84 Å². The predicted molar refractivity (Wildman–Crippen MR) is 32.8 cm³/mol. The maximum absolute atomic E-state index is 8.07. The van der Waals surface area contributed by atoms with Gasteiger partial charge in [0.2, 0.25) is 0 Å². The Morgan fingerprint density at radius 1 is 1.89 bits per heavy atom. The number of nitrogens with zero attached hydrogens (tertiary/aromatic N) is 2. The van der Waals surface area contributed by atoms with E-state index in [1.54, 1.807) is 14.0 Å². The molecule has 0 heterocycles. The number of guanidine groups is 1. The van der Waals surface area contributed by atoms with E-state index in [-0.39, 0.29) is 5.96 Å². The van der Waals surface area contributed by atoms with Crippen LogP contribution in [0.4, 0.5) is 0 Å². The molecule has 0 aliphatic rings. The molecule has 0 aromatic heterocycles. The maximum Gasteiger partial charge on any atom is 0.257 e. The van der Waals surface area contributed by atoms with Gasteiger partial charge in [0, 0.05) is 7.05 Å². The Bertz CT molecular complexity index is 104. The molecule has 0 aliphatic carbocycles. The van der Waals surface area contributed by atoms with Crippen LogP contribution in [-0.4, -0.2) is 29.9 Å². The third-order valence-electron chi connectivity index (χ3n) is 0.748.